The fourth-order valence-corrected chi connectivity index (χ4v) is 3.20. The molecule has 2 aromatic heterocycles. The number of carboxylic acid groups (broad SMARTS) is 1. The van der Waals surface area contributed by atoms with E-state index < -0.39 is 17.5 Å². The van der Waals surface area contributed by atoms with Crippen LogP contribution in [0.4, 0.5) is 5.82 Å². The van der Waals surface area contributed by atoms with E-state index in [4.69, 9.17) is 4.42 Å². The van der Waals surface area contributed by atoms with Gasteiger partial charge >= 0.3 is 11.6 Å². The van der Waals surface area contributed by atoms with Crippen LogP contribution in [0.3, 0.4) is 0 Å². The van der Waals surface area contributed by atoms with Gasteiger partial charge in [0.25, 0.3) is 5.91 Å². The molecule has 144 valence electrons. The van der Waals surface area contributed by atoms with Crippen LogP contribution in [0.2, 0.25) is 0 Å². The fourth-order valence-electron chi connectivity index (χ4n) is 2.82. The molecule has 0 bridgehead atoms. The molecule has 0 aliphatic rings. The number of nitrogens with one attached hydrogen (secondary N) is 1. The number of anilines is 1. The third-order valence-electron chi connectivity index (χ3n) is 4.17. The molecule has 4 aromatic rings. The number of benzene rings is 2. The Kier molecular flexibility index (Phi) is 4.73. The number of hydrogen-bond acceptors (Lipinski definition) is 5. The molecule has 0 fully saturated rings. The first-order chi connectivity index (χ1) is 13.9. The van der Waals surface area contributed by atoms with Crippen molar-refractivity contribution in [1.29, 1.82) is 0 Å². The second-order valence-electron chi connectivity index (χ2n) is 6.04. The molecule has 2 N–H and O–H groups in total. The van der Waals surface area contributed by atoms with E-state index in [0.717, 1.165) is 10.7 Å². The summed E-state index contributed by atoms with van der Waals surface area (Å²) in [5.74, 6) is -2.14. The van der Waals surface area contributed by atoms with E-state index in [1.165, 1.54) is 10.7 Å². The maximum atomic E-state index is 12.8. The summed E-state index contributed by atoms with van der Waals surface area (Å²) < 4.78 is 7.23. The van der Waals surface area contributed by atoms with Gasteiger partial charge in [-0.3, -0.25) is 4.79 Å². The average Bonchev–Trinajstić information content (AvgIpc) is 3.12. The molecule has 0 aliphatic carbocycles. The molecule has 0 atom stereocenters. The van der Waals surface area contributed by atoms with Gasteiger partial charge in [0.05, 0.1) is 11.9 Å². The van der Waals surface area contributed by atoms with Gasteiger partial charge in [0, 0.05) is 9.86 Å². The minimum absolute atomic E-state index is 0.0672. The Balaban J connectivity index is 1.78. The summed E-state index contributed by atoms with van der Waals surface area (Å²) in [5.41, 5.74) is -0.428. The van der Waals surface area contributed by atoms with Crippen LogP contribution >= 0.6 is 15.9 Å². The lowest BCUT2D eigenvalue weighted by Gasteiger charge is -2.10. The maximum absolute atomic E-state index is 12.8. The second kappa shape index (κ2) is 7.36. The number of carboxylic acids is 1. The van der Waals surface area contributed by atoms with Gasteiger partial charge < -0.3 is 14.8 Å². The summed E-state index contributed by atoms with van der Waals surface area (Å²) >= 11 is 3.32. The molecule has 0 saturated heterocycles. The topological polar surface area (TPSA) is 114 Å². The molecular formula is C20H12BrN3O5. The monoisotopic (exact) mass is 453 g/mol. The van der Waals surface area contributed by atoms with Crippen LogP contribution in [-0.2, 0) is 0 Å². The van der Waals surface area contributed by atoms with E-state index in [9.17, 15) is 19.5 Å². The fraction of sp³-hybridized carbons (Fsp3) is 0. The SMILES string of the molecule is O=C(O)c1cnn(-c2ccccc2)c1NC(=O)c1cc2cc(Br)ccc2oc1=O. The zero-order chi connectivity index (χ0) is 20.5. The Labute approximate surface area is 171 Å². The summed E-state index contributed by atoms with van der Waals surface area (Å²) in [7, 11) is 0. The predicted octanol–water partition coefficient (Wildman–Crippen LogP) is 3.69. The van der Waals surface area contributed by atoms with Crippen molar-refractivity contribution in [2.45, 2.75) is 0 Å². The molecule has 0 unspecified atom stereocenters. The first kappa shape index (κ1) is 18.6. The van der Waals surface area contributed by atoms with Crippen LogP contribution in [0.25, 0.3) is 16.7 Å². The molecule has 9 heteroatoms. The van der Waals surface area contributed by atoms with E-state index >= 15 is 0 Å². The number of nitrogens with zero attached hydrogens (tertiary/aromatic N) is 2. The Bertz CT molecular complexity index is 1310. The maximum Gasteiger partial charge on any atom is 0.349 e. The number of halogens is 1. The highest BCUT2D eigenvalue weighted by molar-refractivity contribution is 9.10. The number of aromatic carboxylic acids is 1. The van der Waals surface area contributed by atoms with Gasteiger partial charge in [0.2, 0.25) is 0 Å². The lowest BCUT2D eigenvalue weighted by molar-refractivity contribution is 0.0698. The summed E-state index contributed by atoms with van der Waals surface area (Å²) in [6.45, 7) is 0. The van der Waals surface area contributed by atoms with E-state index in [1.807, 2.05) is 0 Å². The van der Waals surface area contributed by atoms with Crippen LogP contribution in [0.15, 0.2) is 74.5 Å². The molecule has 2 aromatic carbocycles. The Morgan fingerprint density at radius 1 is 1.07 bits per heavy atom. The number of para-hydroxylation sites is 1. The molecule has 8 nitrogen and oxygen atoms in total. The first-order valence-corrected chi connectivity index (χ1v) is 9.15. The zero-order valence-electron chi connectivity index (χ0n) is 14.6. The molecule has 0 aliphatic heterocycles. The molecule has 29 heavy (non-hydrogen) atoms. The van der Waals surface area contributed by atoms with Crippen molar-refractivity contribution < 1.29 is 19.1 Å². The Morgan fingerprint density at radius 2 is 1.83 bits per heavy atom. The molecule has 0 saturated carbocycles. The third kappa shape index (κ3) is 3.55. The molecule has 2 heterocycles. The van der Waals surface area contributed by atoms with Crippen molar-refractivity contribution >= 4 is 44.6 Å². The average molecular weight is 454 g/mol. The number of fused-ring (bicyclic) bond motifs is 1. The van der Waals surface area contributed by atoms with Crippen molar-refractivity contribution in [3.05, 3.63) is 86.8 Å². The number of amides is 1. The summed E-state index contributed by atoms with van der Waals surface area (Å²) in [6.07, 6.45) is 1.13. The summed E-state index contributed by atoms with van der Waals surface area (Å²) in [5, 5.41) is 16.5. The van der Waals surface area contributed by atoms with Crippen molar-refractivity contribution in [2.24, 2.45) is 0 Å². The van der Waals surface area contributed by atoms with Crippen LogP contribution in [0, 0.1) is 0 Å². The normalized spacial score (nSPS) is 10.8. The number of hydrogen-bond donors (Lipinski definition) is 2. The van der Waals surface area contributed by atoms with Crippen molar-refractivity contribution in [3.63, 3.8) is 0 Å². The minimum atomic E-state index is -1.27. The number of carbonyl (C=O) groups excluding carboxylic acids is 1. The number of rotatable bonds is 4. The summed E-state index contributed by atoms with van der Waals surface area (Å²) in [4.78, 5) is 36.7. The van der Waals surface area contributed by atoms with Gasteiger partial charge in [-0.05, 0) is 36.4 Å². The van der Waals surface area contributed by atoms with Gasteiger partial charge in [0.15, 0.2) is 5.82 Å². The summed E-state index contributed by atoms with van der Waals surface area (Å²) in [6, 6.07) is 15.1. The van der Waals surface area contributed by atoms with Gasteiger partial charge in [-0.25, -0.2) is 14.3 Å². The molecule has 0 radical (unpaired) electrons. The Morgan fingerprint density at radius 3 is 2.55 bits per heavy atom. The molecule has 1 amide bonds. The van der Waals surface area contributed by atoms with Crippen molar-refractivity contribution in [3.8, 4) is 5.69 Å². The van der Waals surface area contributed by atoms with Gasteiger partial charge in [0.1, 0.15) is 16.7 Å². The van der Waals surface area contributed by atoms with E-state index in [0.29, 0.717) is 16.7 Å². The van der Waals surface area contributed by atoms with Crippen LogP contribution in [-0.4, -0.2) is 26.8 Å². The number of carbonyl (C=O) groups is 2. The molecular weight excluding hydrogens is 442 g/mol. The van der Waals surface area contributed by atoms with Crippen LogP contribution < -0.4 is 10.9 Å². The van der Waals surface area contributed by atoms with E-state index in [-0.39, 0.29) is 16.9 Å². The largest absolute Gasteiger partial charge is 0.477 e. The lowest BCUT2D eigenvalue weighted by atomic mass is 10.2. The highest BCUT2D eigenvalue weighted by Gasteiger charge is 2.22. The minimum Gasteiger partial charge on any atom is -0.477 e. The van der Waals surface area contributed by atoms with Gasteiger partial charge in [-0.15, -0.1) is 0 Å². The third-order valence-corrected chi connectivity index (χ3v) is 4.66. The second-order valence-corrected chi connectivity index (χ2v) is 6.96. The zero-order valence-corrected chi connectivity index (χ0v) is 16.2. The standard InChI is InChI=1S/C20H12BrN3O5/c21-12-6-7-16-11(8-12)9-14(20(28)29-16)18(25)23-17-15(19(26)27)10-22-24(17)13-4-2-1-3-5-13/h1-10H,(H,23,25)(H,26,27). The highest BCUT2D eigenvalue weighted by atomic mass is 79.9. The lowest BCUT2D eigenvalue weighted by Crippen LogP contribution is -2.23. The highest BCUT2D eigenvalue weighted by Crippen LogP contribution is 2.22. The Hall–Kier alpha value is -3.72. The van der Waals surface area contributed by atoms with Gasteiger partial charge in [-0.2, -0.15) is 5.10 Å². The predicted molar refractivity (Wildman–Crippen MR) is 109 cm³/mol. The first-order valence-electron chi connectivity index (χ1n) is 8.35. The van der Waals surface area contributed by atoms with Crippen LogP contribution in [0.5, 0.6) is 0 Å². The number of aromatic nitrogens is 2. The smallest absolute Gasteiger partial charge is 0.349 e. The van der Waals surface area contributed by atoms with Crippen LogP contribution in [0.1, 0.15) is 20.7 Å². The van der Waals surface area contributed by atoms with Crippen molar-refractivity contribution in [1.82, 2.24) is 9.78 Å². The van der Waals surface area contributed by atoms with E-state index in [1.54, 1.807) is 48.5 Å². The van der Waals surface area contributed by atoms with Gasteiger partial charge in [-0.1, -0.05) is 34.1 Å². The van der Waals surface area contributed by atoms with E-state index in [2.05, 4.69) is 26.3 Å². The van der Waals surface area contributed by atoms with Crippen molar-refractivity contribution in [2.75, 3.05) is 5.32 Å². The molecule has 4 rings (SSSR count). The quantitative estimate of drug-likeness (QED) is 0.455. The molecule has 0 spiro atoms.